The summed E-state index contributed by atoms with van der Waals surface area (Å²) >= 11 is 0. The fourth-order valence-corrected chi connectivity index (χ4v) is 3.27. The number of amides is 2. The van der Waals surface area contributed by atoms with Gasteiger partial charge in [-0.2, -0.15) is 0 Å². The number of fused-ring (bicyclic) bond motifs is 1. The highest BCUT2D eigenvalue weighted by Gasteiger charge is 2.31. The molecule has 0 spiro atoms. The van der Waals surface area contributed by atoms with E-state index in [4.69, 9.17) is 4.42 Å². The molecule has 1 aliphatic carbocycles. The second-order valence-corrected chi connectivity index (χ2v) is 6.40. The Kier molecular flexibility index (Phi) is 4.18. The summed E-state index contributed by atoms with van der Waals surface area (Å²) in [6.07, 6.45) is 1.57. The van der Waals surface area contributed by atoms with Crippen molar-refractivity contribution in [2.45, 2.75) is 25.5 Å². The number of aromatic nitrogens is 1. The molecule has 0 aliphatic heterocycles. The van der Waals surface area contributed by atoms with Crippen LogP contribution in [0.25, 0.3) is 11.5 Å². The van der Waals surface area contributed by atoms with Crippen LogP contribution in [0.5, 0.6) is 0 Å². The normalized spacial score (nSPS) is 18.4. The minimum absolute atomic E-state index is 0.369. The first-order chi connectivity index (χ1) is 12.6. The average molecular weight is 349 g/mol. The van der Waals surface area contributed by atoms with Crippen LogP contribution in [0, 0.1) is 6.92 Å². The number of oxazole rings is 1. The van der Waals surface area contributed by atoms with Crippen molar-refractivity contribution in [1.82, 2.24) is 10.3 Å². The van der Waals surface area contributed by atoms with Crippen molar-refractivity contribution in [2.75, 3.05) is 5.32 Å². The van der Waals surface area contributed by atoms with Crippen LogP contribution in [-0.2, 0) is 6.42 Å². The van der Waals surface area contributed by atoms with Crippen LogP contribution >= 0.6 is 0 Å². The Balaban J connectivity index is 1.47. The van der Waals surface area contributed by atoms with Crippen LogP contribution in [0.1, 0.15) is 22.9 Å². The Morgan fingerprint density at radius 3 is 2.88 bits per heavy atom. The zero-order valence-corrected chi connectivity index (χ0v) is 14.3. The quantitative estimate of drug-likeness (QED) is 0.676. The van der Waals surface area contributed by atoms with E-state index >= 15 is 0 Å². The standard InChI is InChI=1S/C20H19N3O3/c1-12-11-21-19(26-12)14-6-4-7-15(9-14)22-20(25)23-18-16-8-3-2-5-13(16)10-17(18)24/h2-9,11,17-18,24H,10H2,1H3,(H2,22,23,25)/t17-,18+/m0/s1. The smallest absolute Gasteiger partial charge is 0.319 e. The van der Waals surface area contributed by atoms with Gasteiger partial charge in [-0.3, -0.25) is 0 Å². The zero-order valence-electron chi connectivity index (χ0n) is 14.3. The van der Waals surface area contributed by atoms with Crippen molar-refractivity contribution in [2.24, 2.45) is 0 Å². The lowest BCUT2D eigenvalue weighted by Gasteiger charge is -2.18. The molecule has 3 aromatic rings. The van der Waals surface area contributed by atoms with Crippen LogP contribution in [0.3, 0.4) is 0 Å². The predicted molar refractivity (Wildman–Crippen MR) is 97.7 cm³/mol. The molecule has 1 aliphatic rings. The van der Waals surface area contributed by atoms with Crippen molar-refractivity contribution in [3.8, 4) is 11.5 Å². The molecule has 0 bridgehead atoms. The highest BCUT2D eigenvalue weighted by Crippen LogP contribution is 2.31. The number of nitrogens with zero attached hydrogens (tertiary/aromatic N) is 1. The zero-order chi connectivity index (χ0) is 18.1. The molecular weight excluding hydrogens is 330 g/mol. The number of aliphatic hydroxyl groups is 1. The van der Waals surface area contributed by atoms with E-state index in [1.54, 1.807) is 18.3 Å². The molecule has 2 aromatic carbocycles. The average Bonchev–Trinajstić information content (AvgIpc) is 3.19. The molecule has 132 valence electrons. The van der Waals surface area contributed by atoms with Crippen molar-refractivity contribution >= 4 is 11.7 Å². The predicted octanol–water partition coefficient (Wildman–Crippen LogP) is 3.43. The van der Waals surface area contributed by atoms with Crippen LogP contribution in [-0.4, -0.2) is 22.2 Å². The number of aliphatic hydroxyl groups excluding tert-OH is 1. The fraction of sp³-hybridized carbons (Fsp3) is 0.200. The summed E-state index contributed by atoms with van der Waals surface area (Å²) in [4.78, 5) is 16.6. The van der Waals surface area contributed by atoms with Gasteiger partial charge in [-0.05, 0) is 36.2 Å². The van der Waals surface area contributed by atoms with E-state index in [1.807, 2.05) is 43.3 Å². The highest BCUT2D eigenvalue weighted by atomic mass is 16.4. The van der Waals surface area contributed by atoms with Gasteiger partial charge < -0.3 is 20.2 Å². The summed E-state index contributed by atoms with van der Waals surface area (Å²) in [7, 11) is 0. The van der Waals surface area contributed by atoms with Gasteiger partial charge in [-0.15, -0.1) is 0 Å². The monoisotopic (exact) mass is 349 g/mol. The number of nitrogens with one attached hydrogen (secondary N) is 2. The van der Waals surface area contributed by atoms with E-state index in [9.17, 15) is 9.90 Å². The van der Waals surface area contributed by atoms with Crippen molar-refractivity contribution in [1.29, 1.82) is 0 Å². The molecule has 6 nitrogen and oxygen atoms in total. The first kappa shape index (κ1) is 16.4. The van der Waals surface area contributed by atoms with Crippen molar-refractivity contribution in [3.05, 3.63) is 71.6 Å². The van der Waals surface area contributed by atoms with Gasteiger partial charge in [0.1, 0.15) is 5.76 Å². The van der Waals surface area contributed by atoms with Gasteiger partial charge in [-0.1, -0.05) is 30.3 Å². The molecule has 0 saturated carbocycles. The molecule has 0 saturated heterocycles. The lowest BCUT2D eigenvalue weighted by molar-refractivity contribution is 0.144. The van der Waals surface area contributed by atoms with E-state index in [0.717, 1.165) is 22.5 Å². The fourth-order valence-electron chi connectivity index (χ4n) is 3.27. The molecule has 26 heavy (non-hydrogen) atoms. The SMILES string of the molecule is Cc1cnc(-c2cccc(NC(=O)N[C@@H]3c4ccccc4C[C@@H]3O)c2)o1. The Morgan fingerprint density at radius 1 is 1.23 bits per heavy atom. The molecule has 6 heteroatoms. The summed E-state index contributed by atoms with van der Waals surface area (Å²) in [6.45, 7) is 1.83. The number of anilines is 1. The molecule has 4 rings (SSSR count). The molecule has 1 aromatic heterocycles. The lowest BCUT2D eigenvalue weighted by Crippen LogP contribution is -2.36. The number of hydrogen-bond donors (Lipinski definition) is 3. The van der Waals surface area contributed by atoms with Crippen LogP contribution in [0.15, 0.2) is 59.1 Å². The van der Waals surface area contributed by atoms with Gasteiger partial charge in [0.25, 0.3) is 0 Å². The molecular formula is C20H19N3O3. The summed E-state index contributed by atoms with van der Waals surface area (Å²) < 4.78 is 5.52. The number of rotatable bonds is 3. The van der Waals surface area contributed by atoms with Gasteiger partial charge in [0.15, 0.2) is 0 Å². The summed E-state index contributed by atoms with van der Waals surface area (Å²) in [5.41, 5.74) is 3.42. The van der Waals surface area contributed by atoms with Crippen LogP contribution in [0.4, 0.5) is 10.5 Å². The topological polar surface area (TPSA) is 87.4 Å². The van der Waals surface area contributed by atoms with Crippen molar-refractivity contribution in [3.63, 3.8) is 0 Å². The third-order valence-corrected chi connectivity index (χ3v) is 4.48. The summed E-state index contributed by atoms with van der Waals surface area (Å²) in [5.74, 6) is 1.23. The van der Waals surface area contributed by atoms with Gasteiger partial charge in [0, 0.05) is 17.7 Å². The number of hydrogen-bond acceptors (Lipinski definition) is 4. The first-order valence-electron chi connectivity index (χ1n) is 8.46. The van der Waals surface area contributed by atoms with Crippen LogP contribution in [0.2, 0.25) is 0 Å². The van der Waals surface area contributed by atoms with Crippen molar-refractivity contribution < 1.29 is 14.3 Å². The Bertz CT molecular complexity index is 951. The van der Waals surface area contributed by atoms with E-state index < -0.39 is 12.1 Å². The maximum atomic E-state index is 12.4. The molecule has 0 fully saturated rings. The van der Waals surface area contributed by atoms with Crippen LogP contribution < -0.4 is 10.6 Å². The minimum atomic E-state index is -0.625. The first-order valence-corrected chi connectivity index (χ1v) is 8.46. The second-order valence-electron chi connectivity index (χ2n) is 6.40. The minimum Gasteiger partial charge on any atom is -0.441 e. The van der Waals surface area contributed by atoms with Gasteiger partial charge in [0.2, 0.25) is 5.89 Å². The lowest BCUT2D eigenvalue weighted by atomic mass is 10.1. The molecule has 0 radical (unpaired) electrons. The number of benzene rings is 2. The Morgan fingerprint density at radius 2 is 2.08 bits per heavy atom. The molecule has 2 amide bonds. The van der Waals surface area contributed by atoms with E-state index in [0.29, 0.717) is 18.0 Å². The Hall–Kier alpha value is -3.12. The maximum absolute atomic E-state index is 12.4. The largest absolute Gasteiger partial charge is 0.441 e. The van der Waals surface area contributed by atoms with E-state index in [2.05, 4.69) is 15.6 Å². The number of carbonyl (C=O) groups is 1. The number of carbonyl (C=O) groups excluding carboxylic acids is 1. The molecule has 1 heterocycles. The van der Waals surface area contributed by atoms with Gasteiger partial charge >= 0.3 is 6.03 Å². The third kappa shape index (κ3) is 3.19. The van der Waals surface area contributed by atoms with Gasteiger partial charge in [0.05, 0.1) is 18.3 Å². The maximum Gasteiger partial charge on any atom is 0.319 e. The molecule has 0 unspecified atom stereocenters. The van der Waals surface area contributed by atoms with E-state index in [-0.39, 0.29) is 6.03 Å². The third-order valence-electron chi connectivity index (χ3n) is 4.48. The number of aryl methyl sites for hydroxylation is 1. The van der Waals surface area contributed by atoms with E-state index in [1.165, 1.54) is 0 Å². The second kappa shape index (κ2) is 6.65. The number of urea groups is 1. The summed E-state index contributed by atoms with van der Waals surface area (Å²) in [6, 6.07) is 14.2. The molecule has 3 N–H and O–H groups in total. The van der Waals surface area contributed by atoms with Gasteiger partial charge in [-0.25, -0.2) is 9.78 Å². The summed E-state index contributed by atoms with van der Waals surface area (Å²) in [5, 5.41) is 15.9. The Labute approximate surface area is 150 Å². The molecule has 2 atom stereocenters. The highest BCUT2D eigenvalue weighted by molar-refractivity contribution is 5.90.